The first-order valence-electron chi connectivity index (χ1n) is 3.35. The van der Waals surface area contributed by atoms with Crippen LogP contribution < -0.4 is 4.89 Å². The lowest BCUT2D eigenvalue weighted by Gasteiger charge is -2.02. The lowest BCUT2D eigenvalue weighted by atomic mass is 10.2. The van der Waals surface area contributed by atoms with E-state index in [4.69, 9.17) is 28.4 Å². The zero-order valence-corrected chi connectivity index (χ0v) is 8.79. The van der Waals surface area contributed by atoms with Gasteiger partial charge >= 0.3 is 0 Å². The van der Waals surface area contributed by atoms with Crippen molar-refractivity contribution in [2.45, 2.75) is 5.75 Å². The molecule has 0 bridgehead atoms. The normalized spacial score (nSPS) is 12.8. The van der Waals surface area contributed by atoms with E-state index in [-0.39, 0.29) is 5.75 Å². The van der Waals surface area contributed by atoms with Crippen molar-refractivity contribution >= 4 is 34.2 Å². The van der Waals surface area contributed by atoms with E-state index in [1.807, 2.05) is 0 Å². The molecule has 0 heterocycles. The highest BCUT2D eigenvalue weighted by Crippen LogP contribution is 2.21. The number of hydrogen-bond donors (Lipinski definition) is 2. The van der Waals surface area contributed by atoms with Crippen LogP contribution in [0.25, 0.3) is 0 Å². The van der Waals surface area contributed by atoms with Gasteiger partial charge in [-0.15, -0.1) is 4.89 Å². The lowest BCUT2D eigenvalue weighted by Crippen LogP contribution is -2.13. The molecule has 6 heteroatoms. The van der Waals surface area contributed by atoms with Crippen LogP contribution in [0.5, 0.6) is 0 Å². The summed E-state index contributed by atoms with van der Waals surface area (Å²) in [5.41, 5.74) is 0.672. The summed E-state index contributed by atoms with van der Waals surface area (Å²) in [5.74, 6) is 0.145. The lowest BCUT2D eigenvalue weighted by molar-refractivity contribution is 0.251. The number of rotatable bonds is 3. The third-order valence-electron chi connectivity index (χ3n) is 1.40. The molecule has 0 amide bonds. The van der Waals surface area contributed by atoms with Crippen molar-refractivity contribution in [2.75, 3.05) is 0 Å². The van der Waals surface area contributed by atoms with Crippen molar-refractivity contribution in [3.8, 4) is 0 Å². The molecule has 1 aromatic rings. The fourth-order valence-electron chi connectivity index (χ4n) is 0.812. The predicted molar refractivity (Wildman–Crippen MR) is 53.2 cm³/mol. The number of halogens is 2. The van der Waals surface area contributed by atoms with Gasteiger partial charge in [0.15, 0.2) is 0 Å². The summed E-state index contributed by atoms with van der Waals surface area (Å²) in [5, 5.41) is 9.29. The summed E-state index contributed by atoms with van der Waals surface area (Å²) in [4.78, 5) is 1.64. The first kappa shape index (κ1) is 10.9. The number of hydrogen-bond acceptors (Lipinski definition) is 2. The first-order valence-corrected chi connectivity index (χ1v) is 5.43. The highest BCUT2D eigenvalue weighted by atomic mass is 35.5. The second-order valence-corrected chi connectivity index (χ2v) is 4.32. The Morgan fingerprint density at radius 1 is 1.46 bits per heavy atom. The minimum atomic E-state index is -1.52. The maximum atomic E-state index is 10.9. The quantitative estimate of drug-likeness (QED) is 0.795. The third kappa shape index (κ3) is 3.25. The van der Waals surface area contributed by atoms with Crippen LogP contribution in [0.1, 0.15) is 5.56 Å². The molecular formula is C7H7Cl2NO2S. The highest BCUT2D eigenvalue weighted by molar-refractivity contribution is 7.82. The Morgan fingerprint density at radius 2 is 2.15 bits per heavy atom. The van der Waals surface area contributed by atoms with E-state index in [2.05, 4.69) is 0 Å². The van der Waals surface area contributed by atoms with Crippen LogP contribution in [0.3, 0.4) is 0 Å². The molecule has 0 aromatic heterocycles. The van der Waals surface area contributed by atoms with Crippen LogP contribution in [-0.4, -0.2) is 9.42 Å². The molecule has 1 atom stereocenters. The average molecular weight is 240 g/mol. The third-order valence-corrected chi connectivity index (χ3v) is 2.77. The number of benzene rings is 1. The largest absolute Gasteiger partial charge is 0.304 e. The molecule has 0 fully saturated rings. The van der Waals surface area contributed by atoms with Crippen LogP contribution in [0, 0.1) is 0 Å². The Bertz CT molecular complexity index is 332. The van der Waals surface area contributed by atoms with Crippen LogP contribution >= 0.6 is 23.2 Å². The Hall–Kier alpha value is -0.130. The molecule has 72 valence electrons. The second kappa shape index (κ2) is 4.93. The molecule has 3 nitrogen and oxygen atoms in total. The van der Waals surface area contributed by atoms with E-state index < -0.39 is 11.0 Å². The summed E-state index contributed by atoms with van der Waals surface area (Å²) in [6.07, 6.45) is 0. The van der Waals surface area contributed by atoms with Gasteiger partial charge < -0.3 is 5.21 Å². The molecule has 0 saturated carbocycles. The van der Waals surface area contributed by atoms with Crippen molar-refractivity contribution in [3.05, 3.63) is 33.8 Å². The molecule has 0 radical (unpaired) electrons. The monoisotopic (exact) mass is 239 g/mol. The minimum Gasteiger partial charge on any atom is -0.304 e. The van der Waals surface area contributed by atoms with E-state index in [1.165, 1.54) is 0 Å². The van der Waals surface area contributed by atoms with E-state index in [0.29, 0.717) is 15.6 Å². The van der Waals surface area contributed by atoms with Gasteiger partial charge in [0.2, 0.25) is 0 Å². The molecule has 1 unspecified atom stereocenters. The van der Waals surface area contributed by atoms with E-state index in [9.17, 15) is 4.21 Å². The van der Waals surface area contributed by atoms with Crippen LogP contribution in [0.2, 0.25) is 10.0 Å². The van der Waals surface area contributed by atoms with Crippen molar-refractivity contribution < 1.29 is 9.42 Å². The molecule has 0 saturated heterocycles. The summed E-state index contributed by atoms with van der Waals surface area (Å²) >= 11 is 11.5. The predicted octanol–water partition coefficient (Wildman–Crippen LogP) is 2.14. The molecule has 1 rings (SSSR count). The van der Waals surface area contributed by atoms with Gasteiger partial charge in [0.05, 0.1) is 5.75 Å². The maximum Gasteiger partial charge on any atom is 0.120 e. The minimum absolute atomic E-state index is 0.145. The van der Waals surface area contributed by atoms with Crippen LogP contribution in [0.4, 0.5) is 0 Å². The molecule has 2 N–H and O–H groups in total. The first-order chi connectivity index (χ1) is 6.13. The fourth-order valence-corrected chi connectivity index (χ4v) is 1.97. The fraction of sp³-hybridized carbons (Fsp3) is 0.143. The topological polar surface area (TPSA) is 49.3 Å². The Kier molecular flexibility index (Phi) is 4.15. The van der Waals surface area contributed by atoms with Gasteiger partial charge in [-0.3, -0.25) is 0 Å². The van der Waals surface area contributed by atoms with Gasteiger partial charge in [0.1, 0.15) is 11.0 Å². The van der Waals surface area contributed by atoms with Gasteiger partial charge in [-0.05, 0) is 17.7 Å². The Labute approximate surface area is 88.2 Å². The van der Waals surface area contributed by atoms with Gasteiger partial charge in [-0.25, -0.2) is 4.21 Å². The standard InChI is InChI=1S/C7H7Cl2NO2S/c8-6-2-1-5(7(9)3-6)4-13(12)10-11/h1-3,10-11H,4H2. The summed E-state index contributed by atoms with van der Waals surface area (Å²) in [7, 11) is -1.52. The molecule has 13 heavy (non-hydrogen) atoms. The molecule has 1 aromatic carbocycles. The van der Waals surface area contributed by atoms with Crippen molar-refractivity contribution in [3.63, 3.8) is 0 Å². The van der Waals surface area contributed by atoms with Crippen LogP contribution in [0.15, 0.2) is 18.2 Å². The SMILES string of the molecule is O=S(Cc1ccc(Cl)cc1Cl)NO. The summed E-state index contributed by atoms with van der Waals surface area (Å²) in [6.45, 7) is 0. The number of nitrogens with one attached hydrogen (secondary N) is 1. The van der Waals surface area contributed by atoms with Crippen LogP contribution in [-0.2, 0) is 16.7 Å². The zero-order valence-electron chi connectivity index (χ0n) is 6.46. The smallest absolute Gasteiger partial charge is 0.120 e. The molecule has 0 spiro atoms. The van der Waals surface area contributed by atoms with Gasteiger partial charge in [0, 0.05) is 10.0 Å². The van der Waals surface area contributed by atoms with E-state index in [0.717, 1.165) is 0 Å². The average Bonchev–Trinajstić information content (AvgIpc) is 2.09. The van der Waals surface area contributed by atoms with E-state index >= 15 is 0 Å². The Balaban J connectivity index is 2.83. The summed E-state index contributed by atoms with van der Waals surface area (Å²) < 4.78 is 10.9. The second-order valence-electron chi connectivity index (χ2n) is 2.32. The Morgan fingerprint density at radius 3 is 2.69 bits per heavy atom. The maximum absolute atomic E-state index is 10.9. The van der Waals surface area contributed by atoms with Crippen molar-refractivity contribution in [1.82, 2.24) is 4.89 Å². The molecule has 0 aliphatic carbocycles. The van der Waals surface area contributed by atoms with E-state index in [1.54, 1.807) is 23.1 Å². The highest BCUT2D eigenvalue weighted by Gasteiger charge is 2.04. The van der Waals surface area contributed by atoms with Gasteiger partial charge in [-0.1, -0.05) is 29.3 Å². The summed E-state index contributed by atoms with van der Waals surface area (Å²) in [6, 6.07) is 4.88. The van der Waals surface area contributed by atoms with Gasteiger partial charge in [0.25, 0.3) is 0 Å². The molecular weight excluding hydrogens is 233 g/mol. The van der Waals surface area contributed by atoms with Gasteiger partial charge in [-0.2, -0.15) is 0 Å². The molecule has 0 aliphatic heterocycles. The molecule has 0 aliphatic rings. The van der Waals surface area contributed by atoms with Crippen molar-refractivity contribution in [1.29, 1.82) is 0 Å². The zero-order chi connectivity index (χ0) is 9.84. The van der Waals surface area contributed by atoms with Crippen molar-refractivity contribution in [2.24, 2.45) is 0 Å².